The number of nitrogens with one attached hydrogen (secondary N) is 2. The van der Waals surface area contributed by atoms with Crippen LogP contribution in [-0.4, -0.2) is 33.9 Å². The zero-order valence-electron chi connectivity index (χ0n) is 13.0. The van der Waals surface area contributed by atoms with Crippen molar-refractivity contribution in [2.24, 2.45) is 0 Å². The SMILES string of the molecule is Nc1cc(C(=O)N[C@@H]2CCC[C@@H]2NC(=O)/C=C/C=C(Cl)Cl)nc(Cl)n1. The molecule has 134 valence electrons. The first-order chi connectivity index (χ1) is 11.8. The minimum atomic E-state index is -0.422. The monoisotopic (exact) mass is 403 g/mol. The summed E-state index contributed by atoms with van der Waals surface area (Å²) in [5.74, 6) is -0.613. The molecule has 0 spiro atoms. The molecule has 1 aliphatic carbocycles. The van der Waals surface area contributed by atoms with E-state index in [9.17, 15) is 9.59 Å². The van der Waals surface area contributed by atoms with Gasteiger partial charge in [-0.2, -0.15) is 0 Å². The highest BCUT2D eigenvalue weighted by molar-refractivity contribution is 6.56. The number of aromatic nitrogens is 2. The molecule has 0 saturated heterocycles. The van der Waals surface area contributed by atoms with Crippen LogP contribution in [0.15, 0.2) is 28.8 Å². The number of allylic oxidation sites excluding steroid dienone is 2. The number of carbonyl (C=O) groups is 2. The summed E-state index contributed by atoms with van der Waals surface area (Å²) >= 11 is 16.6. The first kappa shape index (κ1) is 19.5. The fourth-order valence-electron chi connectivity index (χ4n) is 2.54. The first-order valence-corrected chi connectivity index (χ1v) is 8.59. The lowest BCUT2D eigenvalue weighted by molar-refractivity contribution is -0.117. The van der Waals surface area contributed by atoms with Crippen LogP contribution in [0.2, 0.25) is 5.28 Å². The van der Waals surface area contributed by atoms with Crippen LogP contribution in [0.1, 0.15) is 29.8 Å². The van der Waals surface area contributed by atoms with Gasteiger partial charge in [0.1, 0.15) is 16.0 Å². The van der Waals surface area contributed by atoms with Crippen LogP contribution in [0.3, 0.4) is 0 Å². The number of nitrogen functional groups attached to an aromatic ring is 1. The molecule has 1 aliphatic rings. The normalized spacial score (nSPS) is 19.6. The predicted octanol–water partition coefficient (Wildman–Crippen LogP) is 2.35. The van der Waals surface area contributed by atoms with Crippen LogP contribution in [0, 0.1) is 0 Å². The Hall–Kier alpha value is -1.83. The number of hydrogen-bond donors (Lipinski definition) is 3. The van der Waals surface area contributed by atoms with Gasteiger partial charge in [0.25, 0.3) is 5.91 Å². The zero-order chi connectivity index (χ0) is 18.4. The summed E-state index contributed by atoms with van der Waals surface area (Å²) in [5.41, 5.74) is 5.64. The molecule has 25 heavy (non-hydrogen) atoms. The Kier molecular flexibility index (Phi) is 7.04. The van der Waals surface area contributed by atoms with Gasteiger partial charge in [-0.25, -0.2) is 9.97 Å². The molecular formula is C15H16Cl3N5O2. The average Bonchev–Trinajstić information content (AvgIpc) is 2.92. The topological polar surface area (TPSA) is 110 Å². The van der Waals surface area contributed by atoms with Gasteiger partial charge in [0.05, 0.1) is 0 Å². The lowest BCUT2D eigenvalue weighted by Crippen LogP contribution is -2.48. The third-order valence-corrected chi connectivity index (χ3v) is 4.00. The molecule has 0 bridgehead atoms. The third kappa shape index (κ3) is 6.19. The smallest absolute Gasteiger partial charge is 0.270 e. The molecule has 2 amide bonds. The van der Waals surface area contributed by atoms with E-state index in [0.717, 1.165) is 19.3 Å². The quantitative estimate of drug-likeness (QED) is 0.396. The van der Waals surface area contributed by atoms with E-state index in [2.05, 4.69) is 20.6 Å². The number of halogens is 3. The largest absolute Gasteiger partial charge is 0.384 e. The second-order valence-electron chi connectivity index (χ2n) is 5.39. The van der Waals surface area contributed by atoms with Gasteiger partial charge in [-0.3, -0.25) is 9.59 Å². The van der Waals surface area contributed by atoms with E-state index in [4.69, 9.17) is 40.5 Å². The van der Waals surface area contributed by atoms with Crippen LogP contribution < -0.4 is 16.4 Å². The highest BCUT2D eigenvalue weighted by Crippen LogP contribution is 2.20. The molecule has 1 heterocycles. The number of rotatable bonds is 5. The van der Waals surface area contributed by atoms with Gasteiger partial charge in [0.15, 0.2) is 0 Å². The molecule has 1 aromatic rings. The minimum absolute atomic E-state index is 0.0536. The summed E-state index contributed by atoms with van der Waals surface area (Å²) in [6.07, 6.45) is 6.51. The number of anilines is 1. The van der Waals surface area contributed by atoms with Gasteiger partial charge in [0.2, 0.25) is 11.2 Å². The highest BCUT2D eigenvalue weighted by Gasteiger charge is 2.30. The van der Waals surface area contributed by atoms with Crippen LogP contribution in [0.25, 0.3) is 0 Å². The zero-order valence-corrected chi connectivity index (χ0v) is 15.3. The van der Waals surface area contributed by atoms with Crippen molar-refractivity contribution in [2.75, 3.05) is 5.73 Å². The molecule has 7 nitrogen and oxygen atoms in total. The Morgan fingerprint density at radius 2 is 1.88 bits per heavy atom. The second-order valence-corrected chi connectivity index (χ2v) is 6.73. The van der Waals surface area contributed by atoms with Crippen molar-refractivity contribution in [1.82, 2.24) is 20.6 Å². The van der Waals surface area contributed by atoms with Crippen LogP contribution >= 0.6 is 34.8 Å². The van der Waals surface area contributed by atoms with E-state index in [1.165, 1.54) is 24.3 Å². The summed E-state index contributed by atoms with van der Waals surface area (Å²) in [6.45, 7) is 0. The molecule has 2 atom stereocenters. The van der Waals surface area contributed by atoms with Crippen molar-refractivity contribution < 1.29 is 9.59 Å². The van der Waals surface area contributed by atoms with Crippen molar-refractivity contribution in [2.45, 2.75) is 31.3 Å². The van der Waals surface area contributed by atoms with Crippen molar-refractivity contribution in [1.29, 1.82) is 0 Å². The second kappa shape index (κ2) is 9.03. The Morgan fingerprint density at radius 1 is 1.20 bits per heavy atom. The molecule has 0 aromatic carbocycles. The minimum Gasteiger partial charge on any atom is -0.384 e. The molecule has 1 fully saturated rings. The maximum Gasteiger partial charge on any atom is 0.270 e. The van der Waals surface area contributed by atoms with Gasteiger partial charge < -0.3 is 16.4 Å². The van der Waals surface area contributed by atoms with E-state index in [-0.39, 0.29) is 39.3 Å². The molecule has 1 saturated carbocycles. The summed E-state index contributed by atoms with van der Waals surface area (Å²) in [7, 11) is 0. The molecular weight excluding hydrogens is 389 g/mol. The van der Waals surface area contributed by atoms with Crippen molar-refractivity contribution in [3.8, 4) is 0 Å². The van der Waals surface area contributed by atoms with Crippen molar-refractivity contribution in [3.63, 3.8) is 0 Å². The number of nitrogens with two attached hydrogens (primary N) is 1. The fourth-order valence-corrected chi connectivity index (χ4v) is 2.87. The van der Waals surface area contributed by atoms with Gasteiger partial charge in [-0.05, 0) is 36.9 Å². The van der Waals surface area contributed by atoms with Gasteiger partial charge in [0, 0.05) is 24.2 Å². The molecule has 10 heteroatoms. The summed E-state index contributed by atoms with van der Waals surface area (Å²) in [6, 6.07) is 0.938. The van der Waals surface area contributed by atoms with E-state index >= 15 is 0 Å². The standard InChI is InChI=1S/C15H16Cl3N5O2/c16-11(17)5-2-6-13(24)20-8-3-1-4-9(8)21-14(25)10-7-12(19)23-15(18)22-10/h2,5-9H,1,3-4H2,(H,20,24)(H,21,25)(H2,19,22,23)/b6-2+/t8-,9+/m0/s1. The summed E-state index contributed by atoms with van der Waals surface area (Å²) in [5, 5.41) is 5.59. The molecule has 1 aromatic heterocycles. The predicted molar refractivity (Wildman–Crippen MR) is 97.4 cm³/mol. The molecule has 4 N–H and O–H groups in total. The van der Waals surface area contributed by atoms with Gasteiger partial charge in [-0.15, -0.1) is 0 Å². The summed E-state index contributed by atoms with van der Waals surface area (Å²) in [4.78, 5) is 31.8. The molecule has 0 radical (unpaired) electrons. The highest BCUT2D eigenvalue weighted by atomic mass is 35.5. The van der Waals surface area contributed by atoms with Crippen LogP contribution in [-0.2, 0) is 4.79 Å². The van der Waals surface area contributed by atoms with Crippen LogP contribution in [0.5, 0.6) is 0 Å². The maximum absolute atomic E-state index is 12.3. The lowest BCUT2D eigenvalue weighted by Gasteiger charge is -2.21. The van der Waals surface area contributed by atoms with E-state index in [1.807, 2.05) is 0 Å². The van der Waals surface area contributed by atoms with Crippen molar-refractivity contribution >= 4 is 52.4 Å². The number of hydrogen-bond acceptors (Lipinski definition) is 5. The Labute approximate surface area is 159 Å². The van der Waals surface area contributed by atoms with E-state index in [1.54, 1.807) is 0 Å². The number of amides is 2. The fraction of sp³-hybridized carbons (Fsp3) is 0.333. The maximum atomic E-state index is 12.3. The van der Waals surface area contributed by atoms with Gasteiger partial charge >= 0.3 is 0 Å². The third-order valence-electron chi connectivity index (χ3n) is 3.58. The Balaban J connectivity index is 1.96. The van der Waals surface area contributed by atoms with Crippen molar-refractivity contribution in [3.05, 3.63) is 39.8 Å². The molecule has 0 unspecified atom stereocenters. The number of carbonyl (C=O) groups excluding carboxylic acids is 2. The average molecular weight is 405 g/mol. The molecule has 2 rings (SSSR count). The van der Waals surface area contributed by atoms with E-state index < -0.39 is 5.91 Å². The first-order valence-electron chi connectivity index (χ1n) is 7.46. The van der Waals surface area contributed by atoms with Crippen LogP contribution in [0.4, 0.5) is 5.82 Å². The lowest BCUT2D eigenvalue weighted by atomic mass is 10.1. The van der Waals surface area contributed by atoms with Gasteiger partial charge in [-0.1, -0.05) is 29.3 Å². The number of nitrogens with zero attached hydrogens (tertiary/aromatic N) is 2. The summed E-state index contributed by atoms with van der Waals surface area (Å²) < 4.78 is 0.0536. The van der Waals surface area contributed by atoms with E-state index in [0.29, 0.717) is 0 Å². The Bertz CT molecular complexity index is 699. The molecule has 0 aliphatic heterocycles. The Morgan fingerprint density at radius 3 is 2.52 bits per heavy atom.